The maximum Gasteiger partial charge on any atom is 0.694 e. The molecule has 0 aliphatic carbocycles. The summed E-state index contributed by atoms with van der Waals surface area (Å²) in [5.74, 6) is -3.65. The summed E-state index contributed by atoms with van der Waals surface area (Å²) in [6.07, 6.45) is 1.49. The molecule has 0 saturated carbocycles. The molecule has 5 N–H and O–H groups in total. The highest BCUT2D eigenvalue weighted by molar-refractivity contribution is 7.32. The summed E-state index contributed by atoms with van der Waals surface area (Å²) >= 11 is 0. The lowest BCUT2D eigenvalue weighted by Gasteiger charge is -2.22. The number of aliphatic carboxylic acids is 2. The van der Waals surface area contributed by atoms with Crippen molar-refractivity contribution in [2.45, 2.75) is 32.2 Å². The molecule has 0 radical (unpaired) electrons. The second kappa shape index (κ2) is 9.00. The first-order chi connectivity index (χ1) is 7.68. The van der Waals surface area contributed by atoms with Gasteiger partial charge >= 0.3 is 20.2 Å². The highest BCUT2D eigenvalue weighted by atomic mass is 31.1. The molecule has 0 rings (SSSR count). The van der Waals surface area contributed by atoms with Crippen molar-refractivity contribution in [1.82, 2.24) is 0 Å². The molecule has 0 aromatic rings. The minimum atomic E-state index is -2.51. The van der Waals surface area contributed by atoms with Crippen LogP contribution in [-0.4, -0.2) is 39.2 Å². The molecule has 1 atom stereocenters. The lowest BCUT2D eigenvalue weighted by molar-refractivity contribution is -0.159. The van der Waals surface area contributed by atoms with Gasteiger partial charge in [0.1, 0.15) is 6.61 Å². The van der Waals surface area contributed by atoms with Gasteiger partial charge in [-0.05, 0) is 12.8 Å². The van der Waals surface area contributed by atoms with Gasteiger partial charge in [-0.1, -0.05) is 13.8 Å². The van der Waals surface area contributed by atoms with Gasteiger partial charge < -0.3 is 15.9 Å². The van der Waals surface area contributed by atoms with Crippen LogP contribution >= 0.6 is 8.25 Å². The molecule has 8 nitrogen and oxygen atoms in total. The smallest absolute Gasteiger partial charge is 0.473 e. The Morgan fingerprint density at radius 3 is 1.76 bits per heavy atom. The molecule has 1 unspecified atom stereocenters. The van der Waals surface area contributed by atoms with Crippen molar-refractivity contribution in [2.24, 2.45) is 5.73 Å². The maximum absolute atomic E-state index is 10.1. The summed E-state index contributed by atoms with van der Waals surface area (Å²) in [6.45, 7) is 4.00. The zero-order valence-electron chi connectivity index (χ0n) is 9.62. The molecule has 0 spiro atoms. The SMILES string of the molecule is CCC(N)(CC)CO[P+](=O)O.O=C(O)C(=O)O. The van der Waals surface area contributed by atoms with Crippen molar-refractivity contribution in [3.63, 3.8) is 0 Å². The molecular weight excluding hydrogens is 253 g/mol. The van der Waals surface area contributed by atoms with Crippen LogP contribution in [0.25, 0.3) is 0 Å². The average Bonchev–Trinajstić information content (AvgIpc) is 2.26. The molecule has 9 heteroatoms. The lowest BCUT2D eigenvalue weighted by Crippen LogP contribution is -2.42. The number of nitrogens with two attached hydrogens (primary N) is 1. The Morgan fingerprint density at radius 2 is 1.59 bits per heavy atom. The molecule has 17 heavy (non-hydrogen) atoms. The van der Waals surface area contributed by atoms with Crippen LogP contribution in [-0.2, 0) is 18.7 Å². The van der Waals surface area contributed by atoms with Crippen molar-refractivity contribution in [2.75, 3.05) is 6.61 Å². The number of carbonyl (C=O) groups is 2. The third kappa shape index (κ3) is 11.2. The standard InChI is InChI=1S/C6H14NO3P.C2H2O4/c1-3-6(7,4-2)5-10-11(8)9;3-1(4)2(5)6/h3-5,7H2,1-2H3;(H,3,4)(H,5,6)/p+1. The molecule has 100 valence electrons. The Kier molecular flexibility index (Phi) is 9.69. The molecule has 0 aromatic carbocycles. The molecule has 0 amide bonds. The van der Waals surface area contributed by atoms with Crippen LogP contribution in [0.1, 0.15) is 26.7 Å². The van der Waals surface area contributed by atoms with Gasteiger partial charge in [-0.2, -0.15) is 0 Å². The van der Waals surface area contributed by atoms with Gasteiger partial charge in [0.15, 0.2) is 0 Å². The second-order valence-electron chi connectivity index (χ2n) is 3.19. The van der Waals surface area contributed by atoms with Crippen molar-refractivity contribution in [3.05, 3.63) is 0 Å². The summed E-state index contributed by atoms with van der Waals surface area (Å²) in [7, 11) is -2.51. The Morgan fingerprint density at radius 1 is 1.24 bits per heavy atom. The monoisotopic (exact) mass is 270 g/mol. The van der Waals surface area contributed by atoms with Gasteiger partial charge in [0, 0.05) is 10.1 Å². The number of hydrogen-bond acceptors (Lipinski definition) is 5. The summed E-state index contributed by atoms with van der Waals surface area (Å²) < 4.78 is 14.7. The summed E-state index contributed by atoms with van der Waals surface area (Å²) in [6, 6.07) is 0. The highest BCUT2D eigenvalue weighted by Gasteiger charge is 2.26. The van der Waals surface area contributed by atoms with Crippen LogP contribution in [0.3, 0.4) is 0 Å². The van der Waals surface area contributed by atoms with Crippen molar-refractivity contribution in [1.29, 1.82) is 0 Å². The first kappa shape index (κ1) is 18.3. The van der Waals surface area contributed by atoms with Crippen LogP contribution in [0.5, 0.6) is 0 Å². The Hall–Kier alpha value is -1.08. The summed E-state index contributed by atoms with van der Waals surface area (Å²) in [5, 5.41) is 14.8. The molecule has 0 fully saturated rings. The highest BCUT2D eigenvalue weighted by Crippen LogP contribution is 2.20. The van der Waals surface area contributed by atoms with E-state index in [0.29, 0.717) is 0 Å². The fourth-order valence-corrected chi connectivity index (χ4v) is 1.01. The van der Waals surface area contributed by atoms with Gasteiger partial charge in [-0.25, -0.2) is 9.59 Å². The van der Waals surface area contributed by atoms with E-state index in [0.717, 1.165) is 12.8 Å². The van der Waals surface area contributed by atoms with Crippen LogP contribution in [0, 0.1) is 0 Å². The molecule has 0 heterocycles. The Bertz CT molecular complexity index is 265. The predicted molar refractivity (Wildman–Crippen MR) is 58.5 cm³/mol. The Labute approximate surface area is 99.3 Å². The zero-order valence-corrected chi connectivity index (χ0v) is 10.5. The molecule has 0 aliphatic heterocycles. The van der Waals surface area contributed by atoms with E-state index in [1.807, 2.05) is 13.8 Å². The normalized spacial score (nSPS) is 11.2. The fourth-order valence-electron chi connectivity index (χ4n) is 0.638. The molecule has 0 bridgehead atoms. The molecular formula is C8H17NO7P+. The average molecular weight is 270 g/mol. The number of carboxylic acids is 2. The number of carboxylic acid groups (broad SMARTS) is 2. The van der Waals surface area contributed by atoms with Gasteiger partial charge in [0.2, 0.25) is 0 Å². The van der Waals surface area contributed by atoms with E-state index in [-0.39, 0.29) is 6.61 Å². The van der Waals surface area contributed by atoms with Gasteiger partial charge in [-0.15, -0.1) is 9.42 Å². The maximum atomic E-state index is 10.1. The van der Waals surface area contributed by atoms with Crippen molar-refractivity contribution < 1.29 is 33.8 Å². The minimum absolute atomic E-state index is 0.145. The minimum Gasteiger partial charge on any atom is -0.473 e. The van der Waals surface area contributed by atoms with E-state index in [9.17, 15) is 4.57 Å². The van der Waals surface area contributed by atoms with Crippen molar-refractivity contribution in [3.8, 4) is 0 Å². The lowest BCUT2D eigenvalue weighted by atomic mass is 9.96. The van der Waals surface area contributed by atoms with Crippen molar-refractivity contribution >= 4 is 20.2 Å². The summed E-state index contributed by atoms with van der Waals surface area (Å²) in [4.78, 5) is 26.5. The second-order valence-corrected chi connectivity index (χ2v) is 3.92. The van der Waals surface area contributed by atoms with Gasteiger partial charge in [-0.3, -0.25) is 0 Å². The van der Waals surface area contributed by atoms with Crippen LogP contribution in [0.15, 0.2) is 0 Å². The van der Waals surface area contributed by atoms with E-state index in [2.05, 4.69) is 4.52 Å². The zero-order chi connectivity index (χ0) is 14.1. The van der Waals surface area contributed by atoms with Gasteiger partial charge in [0.25, 0.3) is 0 Å². The third-order valence-corrected chi connectivity index (χ3v) is 2.40. The third-order valence-electron chi connectivity index (χ3n) is 2.05. The largest absolute Gasteiger partial charge is 0.694 e. The first-order valence-corrected chi connectivity index (χ1v) is 5.85. The molecule has 0 saturated heterocycles. The molecule has 0 aromatic heterocycles. The van der Waals surface area contributed by atoms with Crippen LogP contribution in [0.4, 0.5) is 0 Å². The van der Waals surface area contributed by atoms with E-state index in [1.54, 1.807) is 0 Å². The first-order valence-electron chi connectivity index (χ1n) is 4.72. The number of rotatable bonds is 5. The van der Waals surface area contributed by atoms with E-state index in [1.165, 1.54) is 0 Å². The summed E-state index contributed by atoms with van der Waals surface area (Å²) in [5.41, 5.74) is 5.33. The predicted octanol–water partition coefficient (Wildman–Crippen LogP) is 0.326. The van der Waals surface area contributed by atoms with E-state index in [4.69, 9.17) is 30.4 Å². The number of hydrogen-bond donors (Lipinski definition) is 4. The quantitative estimate of drug-likeness (QED) is 0.412. The van der Waals surface area contributed by atoms with Gasteiger partial charge in [0.05, 0.1) is 0 Å². The van der Waals surface area contributed by atoms with Crippen LogP contribution in [0.2, 0.25) is 0 Å². The topological polar surface area (TPSA) is 147 Å². The molecule has 0 aliphatic rings. The fraction of sp³-hybridized carbons (Fsp3) is 0.750. The van der Waals surface area contributed by atoms with Crippen LogP contribution < -0.4 is 5.73 Å². The van der Waals surface area contributed by atoms with E-state index >= 15 is 0 Å². The van der Waals surface area contributed by atoms with E-state index < -0.39 is 25.7 Å². The Balaban J connectivity index is 0.